The van der Waals surface area contributed by atoms with Crippen LogP contribution in [0.5, 0.6) is 0 Å². The van der Waals surface area contributed by atoms with Gasteiger partial charge in [-0.3, -0.25) is 5.84 Å². The summed E-state index contributed by atoms with van der Waals surface area (Å²) in [5, 5.41) is 2.01. The molecule has 0 spiro atoms. The van der Waals surface area contributed by atoms with Crippen LogP contribution in [-0.4, -0.2) is 0 Å². The van der Waals surface area contributed by atoms with E-state index in [1.54, 1.807) is 30.4 Å². The topological polar surface area (TPSA) is 38.0 Å². The fourth-order valence-electron chi connectivity index (χ4n) is 1.79. The van der Waals surface area contributed by atoms with Gasteiger partial charge >= 0.3 is 0 Å². The van der Waals surface area contributed by atoms with Crippen LogP contribution in [0.3, 0.4) is 0 Å². The lowest BCUT2D eigenvalue weighted by Crippen LogP contribution is -2.28. The Morgan fingerprint density at radius 1 is 1.24 bits per heavy atom. The number of hydrogen-bond donors (Lipinski definition) is 2. The second-order valence-electron chi connectivity index (χ2n) is 4.08. The summed E-state index contributed by atoms with van der Waals surface area (Å²) in [6.45, 7) is 3.78. The maximum absolute atomic E-state index is 13.6. The molecular weight excluding hydrogens is 235 g/mol. The van der Waals surface area contributed by atoms with Crippen LogP contribution in [0, 0.1) is 19.7 Å². The zero-order valence-electron chi connectivity index (χ0n) is 9.83. The number of nitrogens with two attached hydrogens (primary N) is 1. The maximum Gasteiger partial charge on any atom is 0.126 e. The SMILES string of the molecule is Cc1ccc(C(NN)c2sccc2C)cc1F. The minimum absolute atomic E-state index is 0.148. The first kappa shape index (κ1) is 12.2. The van der Waals surface area contributed by atoms with Crippen LogP contribution >= 0.6 is 11.3 Å². The summed E-state index contributed by atoms with van der Waals surface area (Å²) in [6.07, 6.45) is 0. The first-order valence-electron chi connectivity index (χ1n) is 5.39. The predicted octanol–water partition coefficient (Wildman–Crippen LogP) is 3.06. The highest BCUT2D eigenvalue weighted by atomic mass is 32.1. The third kappa shape index (κ3) is 2.39. The van der Waals surface area contributed by atoms with Crippen molar-refractivity contribution in [1.29, 1.82) is 0 Å². The van der Waals surface area contributed by atoms with E-state index in [0.717, 1.165) is 10.4 Å². The van der Waals surface area contributed by atoms with Crippen molar-refractivity contribution in [2.75, 3.05) is 0 Å². The number of hydrazine groups is 1. The third-order valence-electron chi connectivity index (χ3n) is 2.86. The van der Waals surface area contributed by atoms with E-state index in [4.69, 9.17) is 5.84 Å². The van der Waals surface area contributed by atoms with Gasteiger partial charge in [0.2, 0.25) is 0 Å². The van der Waals surface area contributed by atoms with Gasteiger partial charge < -0.3 is 0 Å². The zero-order chi connectivity index (χ0) is 12.4. The minimum Gasteiger partial charge on any atom is -0.271 e. The van der Waals surface area contributed by atoms with Gasteiger partial charge in [-0.25, -0.2) is 9.82 Å². The van der Waals surface area contributed by atoms with Crippen molar-refractivity contribution >= 4 is 11.3 Å². The lowest BCUT2D eigenvalue weighted by atomic mass is 10.0. The van der Waals surface area contributed by atoms with Crippen LogP contribution in [0.1, 0.15) is 27.6 Å². The van der Waals surface area contributed by atoms with Crippen molar-refractivity contribution in [2.24, 2.45) is 5.84 Å². The molecule has 3 N–H and O–H groups in total. The summed E-state index contributed by atoms with van der Waals surface area (Å²) in [5.41, 5.74) is 5.41. The summed E-state index contributed by atoms with van der Waals surface area (Å²) in [7, 11) is 0. The summed E-state index contributed by atoms with van der Waals surface area (Å²) in [4.78, 5) is 1.12. The Morgan fingerprint density at radius 3 is 2.53 bits per heavy atom. The van der Waals surface area contributed by atoms with E-state index < -0.39 is 0 Å². The molecule has 2 aromatic rings. The van der Waals surface area contributed by atoms with Crippen molar-refractivity contribution < 1.29 is 4.39 Å². The van der Waals surface area contributed by atoms with Crippen LogP contribution in [-0.2, 0) is 0 Å². The zero-order valence-corrected chi connectivity index (χ0v) is 10.6. The molecule has 2 nitrogen and oxygen atoms in total. The van der Waals surface area contributed by atoms with Gasteiger partial charge in [0.1, 0.15) is 5.82 Å². The molecule has 1 aromatic carbocycles. The smallest absolute Gasteiger partial charge is 0.126 e. The van der Waals surface area contributed by atoms with Gasteiger partial charge in [0, 0.05) is 4.88 Å². The Labute approximate surface area is 104 Å². The van der Waals surface area contributed by atoms with Crippen molar-refractivity contribution in [3.05, 3.63) is 57.0 Å². The number of hydrogen-bond acceptors (Lipinski definition) is 3. The van der Waals surface area contributed by atoms with Gasteiger partial charge in [0.15, 0.2) is 0 Å². The molecule has 1 heterocycles. The van der Waals surface area contributed by atoms with E-state index >= 15 is 0 Å². The highest BCUT2D eigenvalue weighted by Gasteiger charge is 2.16. The molecule has 90 valence electrons. The van der Waals surface area contributed by atoms with E-state index in [2.05, 4.69) is 5.43 Å². The standard InChI is InChI=1S/C13H15FN2S/c1-8-3-4-10(7-11(8)14)12(16-15)13-9(2)5-6-17-13/h3-7,12,16H,15H2,1-2H3. The normalized spacial score (nSPS) is 12.7. The monoisotopic (exact) mass is 250 g/mol. The van der Waals surface area contributed by atoms with E-state index in [-0.39, 0.29) is 11.9 Å². The Kier molecular flexibility index (Phi) is 3.57. The van der Waals surface area contributed by atoms with E-state index in [9.17, 15) is 4.39 Å². The van der Waals surface area contributed by atoms with Gasteiger partial charge in [-0.05, 0) is 48.1 Å². The highest BCUT2D eigenvalue weighted by Crippen LogP contribution is 2.29. The molecule has 0 saturated heterocycles. The second-order valence-corrected chi connectivity index (χ2v) is 5.02. The molecule has 0 aliphatic heterocycles. The number of thiophene rings is 1. The molecule has 4 heteroatoms. The number of benzene rings is 1. The lowest BCUT2D eigenvalue weighted by molar-refractivity contribution is 0.601. The Morgan fingerprint density at radius 2 is 2.00 bits per heavy atom. The third-order valence-corrected chi connectivity index (χ3v) is 3.94. The fraction of sp³-hybridized carbons (Fsp3) is 0.231. The number of halogens is 1. The Balaban J connectivity index is 2.42. The summed E-state index contributed by atoms with van der Waals surface area (Å²) in [5.74, 6) is 5.39. The molecule has 1 aromatic heterocycles. The maximum atomic E-state index is 13.6. The summed E-state index contributed by atoms with van der Waals surface area (Å²) in [6, 6.07) is 7.11. The van der Waals surface area contributed by atoms with E-state index in [0.29, 0.717) is 5.56 Å². The molecule has 0 amide bonds. The van der Waals surface area contributed by atoms with Crippen molar-refractivity contribution in [2.45, 2.75) is 19.9 Å². The van der Waals surface area contributed by atoms with Crippen LogP contribution in [0.4, 0.5) is 4.39 Å². The Bertz CT molecular complexity index is 522. The molecule has 0 fully saturated rings. The van der Waals surface area contributed by atoms with Gasteiger partial charge in [-0.1, -0.05) is 12.1 Å². The molecule has 1 unspecified atom stereocenters. The first-order chi connectivity index (χ1) is 8.13. The quantitative estimate of drug-likeness (QED) is 0.649. The summed E-state index contributed by atoms with van der Waals surface area (Å²) < 4.78 is 13.6. The first-order valence-corrected chi connectivity index (χ1v) is 6.27. The van der Waals surface area contributed by atoms with E-state index in [1.807, 2.05) is 24.4 Å². The van der Waals surface area contributed by atoms with Crippen molar-refractivity contribution in [1.82, 2.24) is 5.43 Å². The van der Waals surface area contributed by atoms with Gasteiger partial charge in [-0.2, -0.15) is 0 Å². The van der Waals surface area contributed by atoms with Crippen molar-refractivity contribution in [3.63, 3.8) is 0 Å². The lowest BCUT2D eigenvalue weighted by Gasteiger charge is -2.16. The van der Waals surface area contributed by atoms with Crippen LogP contribution < -0.4 is 11.3 Å². The van der Waals surface area contributed by atoms with Crippen molar-refractivity contribution in [3.8, 4) is 0 Å². The van der Waals surface area contributed by atoms with Gasteiger partial charge in [0.05, 0.1) is 6.04 Å². The largest absolute Gasteiger partial charge is 0.271 e. The molecule has 17 heavy (non-hydrogen) atoms. The molecule has 0 aliphatic carbocycles. The molecule has 0 saturated carbocycles. The predicted molar refractivity (Wildman–Crippen MR) is 69.4 cm³/mol. The molecular formula is C13H15FN2S. The van der Waals surface area contributed by atoms with Crippen LogP contribution in [0.2, 0.25) is 0 Å². The average Bonchev–Trinajstić information content (AvgIpc) is 2.71. The van der Waals surface area contributed by atoms with Crippen LogP contribution in [0.25, 0.3) is 0 Å². The number of aryl methyl sites for hydroxylation is 2. The van der Waals surface area contributed by atoms with E-state index in [1.165, 1.54) is 5.56 Å². The number of nitrogens with one attached hydrogen (secondary N) is 1. The highest BCUT2D eigenvalue weighted by molar-refractivity contribution is 7.10. The second kappa shape index (κ2) is 4.96. The molecule has 2 rings (SSSR count). The fourth-order valence-corrected chi connectivity index (χ4v) is 2.81. The minimum atomic E-state index is -0.197. The molecule has 1 atom stereocenters. The molecule has 0 radical (unpaired) electrons. The molecule has 0 aliphatic rings. The van der Waals surface area contributed by atoms with Crippen LogP contribution in [0.15, 0.2) is 29.6 Å². The van der Waals surface area contributed by atoms with Gasteiger partial charge in [-0.15, -0.1) is 11.3 Å². The Hall–Kier alpha value is -1.23. The number of rotatable bonds is 3. The average molecular weight is 250 g/mol. The molecule has 0 bridgehead atoms. The summed E-state index contributed by atoms with van der Waals surface area (Å²) >= 11 is 1.62. The van der Waals surface area contributed by atoms with Gasteiger partial charge in [0.25, 0.3) is 0 Å².